The van der Waals surface area contributed by atoms with Crippen molar-refractivity contribution >= 4 is 51.2 Å². The molecular formula is C21H21BrClN3O4. The van der Waals surface area contributed by atoms with Crippen LogP contribution in [0.25, 0.3) is 0 Å². The van der Waals surface area contributed by atoms with E-state index in [2.05, 4.69) is 38.4 Å². The van der Waals surface area contributed by atoms with Crippen molar-refractivity contribution in [2.45, 2.75) is 12.8 Å². The molecule has 0 unspecified atom stereocenters. The highest BCUT2D eigenvalue weighted by atomic mass is 79.9. The minimum atomic E-state index is -0.391. The molecule has 2 aromatic carbocycles. The van der Waals surface area contributed by atoms with Crippen LogP contribution in [-0.4, -0.2) is 31.7 Å². The third-order valence-corrected chi connectivity index (χ3v) is 4.65. The molecule has 30 heavy (non-hydrogen) atoms. The van der Waals surface area contributed by atoms with Gasteiger partial charge >= 0.3 is 0 Å². The molecule has 0 bridgehead atoms. The molecule has 0 aliphatic rings. The van der Waals surface area contributed by atoms with E-state index in [9.17, 15) is 9.59 Å². The zero-order chi connectivity index (χ0) is 21.9. The zero-order valence-corrected chi connectivity index (χ0v) is 18.6. The molecule has 0 heterocycles. The van der Waals surface area contributed by atoms with Crippen molar-refractivity contribution in [2.75, 3.05) is 19.0 Å². The Morgan fingerprint density at radius 2 is 1.97 bits per heavy atom. The number of para-hydroxylation sites is 1. The van der Waals surface area contributed by atoms with Crippen molar-refractivity contribution in [2.24, 2.45) is 5.10 Å². The van der Waals surface area contributed by atoms with Gasteiger partial charge in [0, 0.05) is 12.8 Å². The summed E-state index contributed by atoms with van der Waals surface area (Å²) in [6.07, 6.45) is 3.08. The number of hydrogen-bond acceptors (Lipinski definition) is 5. The summed E-state index contributed by atoms with van der Waals surface area (Å²) in [5.41, 5.74) is 3.58. The molecule has 2 aromatic rings. The summed E-state index contributed by atoms with van der Waals surface area (Å²) in [4.78, 5) is 23.9. The number of anilines is 1. The number of carbonyl (C=O) groups excluding carboxylic acids is 2. The van der Waals surface area contributed by atoms with E-state index in [0.29, 0.717) is 38.9 Å². The topological polar surface area (TPSA) is 89.0 Å². The highest BCUT2D eigenvalue weighted by Gasteiger charge is 2.11. The number of nitrogens with zero attached hydrogens (tertiary/aromatic N) is 1. The molecule has 0 saturated carbocycles. The SMILES string of the molecule is C=CCOc1c(Br)cc(C=NNC(=O)CCC(=O)Nc2ccccc2Cl)cc1OC. The number of ether oxygens (including phenoxy) is 2. The van der Waals surface area contributed by atoms with E-state index < -0.39 is 5.91 Å². The summed E-state index contributed by atoms with van der Waals surface area (Å²) in [5.74, 6) is 0.349. The van der Waals surface area contributed by atoms with Gasteiger partial charge in [-0.15, -0.1) is 0 Å². The lowest BCUT2D eigenvalue weighted by Crippen LogP contribution is -2.20. The standard InChI is InChI=1S/C21H21BrClN3O4/c1-3-10-30-21-15(22)11-14(12-18(21)29-2)13-24-26-20(28)9-8-19(27)25-17-7-5-4-6-16(17)23/h3-7,11-13H,1,8-10H2,2H3,(H,25,27)(H,26,28). The molecule has 0 aliphatic carbocycles. The smallest absolute Gasteiger partial charge is 0.240 e. The molecule has 7 nitrogen and oxygen atoms in total. The number of halogens is 2. The second kappa shape index (κ2) is 12.0. The molecule has 0 spiro atoms. The number of carbonyl (C=O) groups is 2. The molecule has 0 radical (unpaired) electrons. The number of hydrazone groups is 1. The Morgan fingerprint density at radius 1 is 1.23 bits per heavy atom. The molecule has 0 fully saturated rings. The van der Waals surface area contributed by atoms with Gasteiger partial charge in [-0.25, -0.2) is 5.43 Å². The lowest BCUT2D eigenvalue weighted by atomic mass is 10.2. The fourth-order valence-corrected chi connectivity index (χ4v) is 3.09. The van der Waals surface area contributed by atoms with Crippen molar-refractivity contribution in [3.63, 3.8) is 0 Å². The van der Waals surface area contributed by atoms with Crippen molar-refractivity contribution in [3.05, 3.63) is 64.1 Å². The van der Waals surface area contributed by atoms with E-state index in [4.69, 9.17) is 21.1 Å². The first-order chi connectivity index (χ1) is 14.4. The quantitative estimate of drug-likeness (QED) is 0.288. The Kier molecular flexibility index (Phi) is 9.37. The second-order valence-electron chi connectivity index (χ2n) is 5.95. The average Bonchev–Trinajstić information content (AvgIpc) is 2.73. The van der Waals surface area contributed by atoms with Gasteiger partial charge in [-0.05, 0) is 45.8 Å². The number of hydrogen-bond donors (Lipinski definition) is 2. The minimum Gasteiger partial charge on any atom is -0.493 e. The summed E-state index contributed by atoms with van der Waals surface area (Å²) in [6, 6.07) is 10.4. The molecule has 0 saturated heterocycles. The molecule has 0 atom stereocenters. The number of amides is 2. The average molecular weight is 495 g/mol. The van der Waals surface area contributed by atoms with E-state index in [1.807, 2.05) is 0 Å². The van der Waals surface area contributed by atoms with Crippen molar-refractivity contribution < 1.29 is 19.1 Å². The first-order valence-corrected chi connectivity index (χ1v) is 10.1. The van der Waals surface area contributed by atoms with E-state index in [1.54, 1.807) is 42.5 Å². The van der Waals surface area contributed by atoms with Gasteiger partial charge in [0.25, 0.3) is 0 Å². The van der Waals surface area contributed by atoms with Crippen LogP contribution in [-0.2, 0) is 9.59 Å². The number of methoxy groups -OCH3 is 1. The van der Waals surface area contributed by atoms with Crippen LogP contribution in [0.4, 0.5) is 5.69 Å². The minimum absolute atomic E-state index is 0.00128. The van der Waals surface area contributed by atoms with E-state index in [0.717, 1.165) is 0 Å². The van der Waals surface area contributed by atoms with Gasteiger partial charge in [-0.2, -0.15) is 5.10 Å². The van der Waals surface area contributed by atoms with Crippen LogP contribution in [0.3, 0.4) is 0 Å². The highest BCUT2D eigenvalue weighted by molar-refractivity contribution is 9.10. The summed E-state index contributed by atoms with van der Waals surface area (Å²) in [7, 11) is 1.53. The van der Waals surface area contributed by atoms with Crippen LogP contribution in [0.1, 0.15) is 18.4 Å². The summed E-state index contributed by atoms with van der Waals surface area (Å²) >= 11 is 9.41. The summed E-state index contributed by atoms with van der Waals surface area (Å²) in [5, 5.41) is 7.01. The first-order valence-electron chi connectivity index (χ1n) is 8.92. The fraction of sp³-hybridized carbons (Fsp3) is 0.190. The van der Waals surface area contributed by atoms with Crippen molar-refractivity contribution in [1.82, 2.24) is 5.43 Å². The molecule has 9 heteroatoms. The Bertz CT molecular complexity index is 950. The van der Waals surface area contributed by atoms with Gasteiger partial charge in [0.1, 0.15) is 6.61 Å². The predicted octanol–water partition coefficient (Wildman–Crippen LogP) is 4.54. The van der Waals surface area contributed by atoms with Crippen molar-refractivity contribution in [3.8, 4) is 11.5 Å². The Labute approximate surface area is 188 Å². The predicted molar refractivity (Wildman–Crippen MR) is 121 cm³/mol. The zero-order valence-electron chi connectivity index (χ0n) is 16.3. The molecular weight excluding hydrogens is 474 g/mol. The van der Waals surface area contributed by atoms with Crippen LogP contribution in [0.2, 0.25) is 5.02 Å². The third kappa shape index (κ3) is 7.20. The van der Waals surface area contributed by atoms with E-state index in [-0.39, 0.29) is 18.7 Å². The molecule has 2 rings (SSSR count). The largest absolute Gasteiger partial charge is 0.493 e. The maximum absolute atomic E-state index is 12.0. The lowest BCUT2D eigenvalue weighted by Gasteiger charge is -2.12. The van der Waals surface area contributed by atoms with Crippen LogP contribution in [0.15, 0.2) is 58.6 Å². The van der Waals surface area contributed by atoms with Gasteiger partial charge in [0.05, 0.1) is 28.5 Å². The Balaban J connectivity index is 1.86. The van der Waals surface area contributed by atoms with Crippen LogP contribution >= 0.6 is 27.5 Å². The Hall–Kier alpha value is -2.84. The molecule has 158 valence electrons. The monoisotopic (exact) mass is 493 g/mol. The van der Waals surface area contributed by atoms with Gasteiger partial charge < -0.3 is 14.8 Å². The molecule has 2 N–H and O–H groups in total. The molecule has 2 amide bonds. The Morgan fingerprint density at radius 3 is 2.67 bits per heavy atom. The maximum Gasteiger partial charge on any atom is 0.240 e. The van der Waals surface area contributed by atoms with E-state index >= 15 is 0 Å². The van der Waals surface area contributed by atoms with E-state index in [1.165, 1.54) is 13.3 Å². The van der Waals surface area contributed by atoms with Crippen LogP contribution in [0, 0.1) is 0 Å². The van der Waals surface area contributed by atoms with Gasteiger partial charge in [-0.1, -0.05) is 36.4 Å². The van der Waals surface area contributed by atoms with Crippen LogP contribution in [0.5, 0.6) is 11.5 Å². The first kappa shape index (κ1) is 23.4. The maximum atomic E-state index is 12.0. The number of rotatable bonds is 10. The fourth-order valence-electron chi connectivity index (χ4n) is 2.33. The normalized spacial score (nSPS) is 10.5. The molecule has 0 aromatic heterocycles. The van der Waals surface area contributed by atoms with Crippen LogP contribution < -0.4 is 20.2 Å². The lowest BCUT2D eigenvalue weighted by molar-refractivity contribution is -0.124. The van der Waals surface area contributed by atoms with Crippen molar-refractivity contribution in [1.29, 1.82) is 0 Å². The molecule has 0 aliphatic heterocycles. The number of nitrogens with one attached hydrogen (secondary N) is 2. The number of benzene rings is 2. The second-order valence-corrected chi connectivity index (χ2v) is 7.22. The van der Waals surface area contributed by atoms with Gasteiger partial charge in [0.2, 0.25) is 11.8 Å². The summed E-state index contributed by atoms with van der Waals surface area (Å²) < 4.78 is 11.6. The highest BCUT2D eigenvalue weighted by Crippen LogP contribution is 2.36. The summed E-state index contributed by atoms with van der Waals surface area (Å²) in [6.45, 7) is 3.95. The third-order valence-electron chi connectivity index (χ3n) is 3.73. The van der Waals surface area contributed by atoms with Gasteiger partial charge in [-0.3, -0.25) is 9.59 Å². The van der Waals surface area contributed by atoms with Gasteiger partial charge in [0.15, 0.2) is 11.5 Å².